The molecule has 1 N–H and O–H groups in total. The molecule has 5 heteroatoms. The Morgan fingerprint density at radius 1 is 1.17 bits per heavy atom. The number of nitrogens with one attached hydrogen (secondary N) is 1. The fourth-order valence-corrected chi connectivity index (χ4v) is 3.03. The highest BCUT2D eigenvalue weighted by atomic mass is 16.2. The molecule has 0 radical (unpaired) electrons. The van der Waals surface area contributed by atoms with E-state index in [-0.39, 0.29) is 18.4 Å². The molecule has 0 aromatic carbocycles. The number of nitrogens with zero attached hydrogens (tertiary/aromatic N) is 1. The normalized spacial score (nSPS) is 29.4. The molecular weight excluding hydrogens is 232 g/mol. The maximum atomic E-state index is 11.8. The average Bonchev–Trinajstić information content (AvgIpc) is 2.30. The summed E-state index contributed by atoms with van der Waals surface area (Å²) in [5.74, 6) is -0.0977. The van der Waals surface area contributed by atoms with E-state index < -0.39 is 11.9 Å². The molecule has 2 aliphatic rings. The zero-order chi connectivity index (χ0) is 13.1. The van der Waals surface area contributed by atoms with Crippen molar-refractivity contribution >= 4 is 17.8 Å². The number of urea groups is 1. The van der Waals surface area contributed by atoms with Crippen LogP contribution < -0.4 is 5.32 Å². The van der Waals surface area contributed by atoms with Crippen molar-refractivity contribution in [1.82, 2.24) is 10.2 Å². The third kappa shape index (κ3) is 2.71. The van der Waals surface area contributed by atoms with Crippen LogP contribution in [-0.4, -0.2) is 28.8 Å². The van der Waals surface area contributed by atoms with Gasteiger partial charge < -0.3 is 0 Å². The molecule has 0 aromatic rings. The molecule has 2 fully saturated rings. The Kier molecular flexibility index (Phi) is 3.99. The molecule has 0 unspecified atom stereocenters. The highest BCUT2D eigenvalue weighted by molar-refractivity contribution is 6.14. The van der Waals surface area contributed by atoms with E-state index in [4.69, 9.17) is 0 Å². The molecule has 0 bridgehead atoms. The van der Waals surface area contributed by atoms with Crippen molar-refractivity contribution in [1.29, 1.82) is 0 Å². The minimum absolute atomic E-state index is 0.0151. The molecule has 1 aliphatic carbocycles. The maximum absolute atomic E-state index is 11.8. The molecule has 5 nitrogen and oxygen atoms in total. The van der Waals surface area contributed by atoms with Crippen molar-refractivity contribution in [2.75, 3.05) is 0 Å². The van der Waals surface area contributed by atoms with Gasteiger partial charge in [-0.2, -0.15) is 0 Å². The first-order chi connectivity index (χ1) is 8.61. The molecule has 4 amide bonds. The molecule has 1 heterocycles. The largest absolute Gasteiger partial charge is 0.331 e. The lowest BCUT2D eigenvalue weighted by Crippen LogP contribution is -2.57. The first-order valence-corrected chi connectivity index (χ1v) is 6.77. The van der Waals surface area contributed by atoms with E-state index in [1.807, 2.05) is 0 Å². The van der Waals surface area contributed by atoms with Gasteiger partial charge in [0, 0.05) is 6.04 Å². The number of hydrogen-bond acceptors (Lipinski definition) is 3. The monoisotopic (exact) mass is 252 g/mol. The summed E-state index contributed by atoms with van der Waals surface area (Å²) in [5.41, 5.74) is 0. The van der Waals surface area contributed by atoms with E-state index in [0.29, 0.717) is 0 Å². The van der Waals surface area contributed by atoms with E-state index >= 15 is 0 Å². The average molecular weight is 252 g/mol. The highest BCUT2D eigenvalue weighted by Gasteiger charge is 2.37. The topological polar surface area (TPSA) is 66.5 Å². The molecule has 18 heavy (non-hydrogen) atoms. The Hall–Kier alpha value is -1.39. The van der Waals surface area contributed by atoms with E-state index in [2.05, 4.69) is 12.2 Å². The zero-order valence-electron chi connectivity index (χ0n) is 10.8. The first-order valence-electron chi connectivity index (χ1n) is 6.77. The summed E-state index contributed by atoms with van der Waals surface area (Å²) in [6.45, 7) is 2.18. The van der Waals surface area contributed by atoms with Crippen LogP contribution in [-0.2, 0) is 9.59 Å². The summed E-state index contributed by atoms with van der Waals surface area (Å²) >= 11 is 0. The van der Waals surface area contributed by atoms with E-state index in [1.165, 1.54) is 17.7 Å². The van der Waals surface area contributed by atoms with Crippen molar-refractivity contribution in [3.63, 3.8) is 0 Å². The van der Waals surface area contributed by atoms with Crippen LogP contribution in [0, 0.1) is 5.92 Å². The Morgan fingerprint density at radius 2 is 1.83 bits per heavy atom. The van der Waals surface area contributed by atoms with Crippen LogP contribution in [0.1, 0.15) is 51.9 Å². The summed E-state index contributed by atoms with van der Waals surface area (Å²) in [5, 5.41) is 2.22. The number of imide groups is 2. The Labute approximate surface area is 107 Å². The number of barbiturate groups is 1. The second-order valence-electron chi connectivity index (χ2n) is 5.26. The minimum Gasteiger partial charge on any atom is -0.277 e. The molecule has 1 saturated carbocycles. The van der Waals surface area contributed by atoms with Crippen LogP contribution in [0.25, 0.3) is 0 Å². The van der Waals surface area contributed by atoms with Crippen LogP contribution in [0.15, 0.2) is 0 Å². The lowest BCUT2D eigenvalue weighted by Gasteiger charge is -2.37. The van der Waals surface area contributed by atoms with Crippen LogP contribution in [0.2, 0.25) is 0 Å². The molecule has 2 rings (SSSR count). The Balaban J connectivity index is 1.94. The fraction of sp³-hybridized carbons (Fsp3) is 0.769. The number of carbonyl (C=O) groups excluding carboxylic acids is 3. The van der Waals surface area contributed by atoms with E-state index in [1.54, 1.807) is 0 Å². The van der Waals surface area contributed by atoms with Crippen molar-refractivity contribution in [2.24, 2.45) is 5.92 Å². The third-order valence-corrected chi connectivity index (χ3v) is 3.92. The molecular formula is C13H20N2O3. The van der Waals surface area contributed by atoms with Gasteiger partial charge in [0.2, 0.25) is 11.8 Å². The minimum atomic E-state index is -0.532. The van der Waals surface area contributed by atoms with E-state index in [0.717, 1.165) is 31.6 Å². The number of carbonyl (C=O) groups is 3. The van der Waals surface area contributed by atoms with Crippen LogP contribution in [0.4, 0.5) is 4.79 Å². The van der Waals surface area contributed by atoms with Crippen molar-refractivity contribution < 1.29 is 14.4 Å². The highest BCUT2D eigenvalue weighted by Crippen LogP contribution is 2.31. The fourth-order valence-electron chi connectivity index (χ4n) is 3.03. The Morgan fingerprint density at radius 3 is 2.39 bits per heavy atom. The Bertz CT molecular complexity index is 339. The molecule has 0 spiro atoms. The number of hydrogen-bond donors (Lipinski definition) is 1. The van der Waals surface area contributed by atoms with Gasteiger partial charge in [0.05, 0.1) is 0 Å². The molecule has 0 atom stereocenters. The lowest BCUT2D eigenvalue weighted by atomic mass is 9.83. The molecule has 1 saturated heterocycles. The first kappa shape index (κ1) is 13.1. The second-order valence-corrected chi connectivity index (χ2v) is 5.26. The van der Waals surface area contributed by atoms with Gasteiger partial charge in [-0.3, -0.25) is 19.8 Å². The van der Waals surface area contributed by atoms with Gasteiger partial charge in [0.15, 0.2) is 0 Å². The second kappa shape index (κ2) is 5.50. The summed E-state index contributed by atoms with van der Waals surface area (Å²) in [6.07, 6.45) is 6.11. The SMILES string of the molecule is CCCC1CCC(N2C(=O)CC(=O)NC2=O)CC1. The van der Waals surface area contributed by atoms with Crippen molar-refractivity contribution in [3.8, 4) is 0 Å². The lowest BCUT2D eigenvalue weighted by molar-refractivity contribution is -0.138. The van der Waals surface area contributed by atoms with Gasteiger partial charge in [0.25, 0.3) is 0 Å². The number of rotatable bonds is 3. The summed E-state index contributed by atoms with van der Waals surface area (Å²) in [7, 11) is 0. The number of amides is 4. The summed E-state index contributed by atoms with van der Waals surface area (Å²) in [4.78, 5) is 35.8. The predicted molar refractivity (Wildman–Crippen MR) is 65.7 cm³/mol. The smallest absolute Gasteiger partial charge is 0.277 e. The molecule has 1 aliphatic heterocycles. The van der Waals surface area contributed by atoms with Gasteiger partial charge in [-0.25, -0.2) is 4.79 Å². The molecule has 0 aromatic heterocycles. The van der Waals surface area contributed by atoms with E-state index in [9.17, 15) is 14.4 Å². The van der Waals surface area contributed by atoms with Gasteiger partial charge in [-0.1, -0.05) is 19.8 Å². The van der Waals surface area contributed by atoms with Gasteiger partial charge in [-0.05, 0) is 31.6 Å². The summed E-state index contributed by atoms with van der Waals surface area (Å²) < 4.78 is 0. The van der Waals surface area contributed by atoms with Crippen LogP contribution in [0.5, 0.6) is 0 Å². The molecule has 100 valence electrons. The zero-order valence-corrected chi connectivity index (χ0v) is 10.8. The third-order valence-electron chi connectivity index (χ3n) is 3.92. The standard InChI is InChI=1S/C13H20N2O3/c1-2-3-9-4-6-10(7-5-9)15-12(17)8-11(16)14-13(15)18/h9-10H,2-8H2,1H3,(H,14,16,18). The van der Waals surface area contributed by atoms with Gasteiger partial charge in [0.1, 0.15) is 6.42 Å². The van der Waals surface area contributed by atoms with Crippen LogP contribution >= 0.6 is 0 Å². The van der Waals surface area contributed by atoms with Crippen molar-refractivity contribution in [2.45, 2.75) is 57.9 Å². The summed E-state index contributed by atoms with van der Waals surface area (Å²) in [6, 6.07) is -0.547. The van der Waals surface area contributed by atoms with Gasteiger partial charge >= 0.3 is 6.03 Å². The van der Waals surface area contributed by atoms with Gasteiger partial charge in [-0.15, -0.1) is 0 Å². The van der Waals surface area contributed by atoms with Crippen LogP contribution in [0.3, 0.4) is 0 Å². The quantitative estimate of drug-likeness (QED) is 0.779. The predicted octanol–water partition coefficient (Wildman–Crippen LogP) is 1.81. The maximum Gasteiger partial charge on any atom is 0.331 e. The van der Waals surface area contributed by atoms with Crippen molar-refractivity contribution in [3.05, 3.63) is 0 Å².